The van der Waals surface area contributed by atoms with E-state index in [1.54, 1.807) is 14.2 Å². The summed E-state index contributed by atoms with van der Waals surface area (Å²) in [6.07, 6.45) is 1.92. The molecule has 1 aromatic carbocycles. The number of hydrogen-bond donors (Lipinski definition) is 1. The minimum atomic E-state index is -0.451. The fourth-order valence-corrected chi connectivity index (χ4v) is 3.13. The molecule has 0 aromatic heterocycles. The fourth-order valence-electron chi connectivity index (χ4n) is 3.13. The summed E-state index contributed by atoms with van der Waals surface area (Å²) in [7, 11) is 3.31. The normalized spacial score (nSPS) is 17.7. The van der Waals surface area contributed by atoms with Gasteiger partial charge in [0.05, 0.1) is 14.2 Å². The van der Waals surface area contributed by atoms with Crippen LogP contribution in [0.15, 0.2) is 18.2 Å². The maximum atomic E-state index is 12.3. The van der Waals surface area contributed by atoms with Crippen molar-refractivity contribution in [1.29, 1.82) is 0 Å². The predicted octanol–water partition coefficient (Wildman–Crippen LogP) is 3.44. The molecule has 146 valence electrons. The van der Waals surface area contributed by atoms with Gasteiger partial charge in [-0.3, -0.25) is 0 Å². The van der Waals surface area contributed by atoms with Gasteiger partial charge >= 0.3 is 6.09 Å². The van der Waals surface area contributed by atoms with Crippen LogP contribution >= 0.6 is 0 Å². The van der Waals surface area contributed by atoms with Crippen LogP contribution in [0.4, 0.5) is 4.79 Å². The zero-order valence-corrected chi connectivity index (χ0v) is 16.6. The first-order valence-corrected chi connectivity index (χ1v) is 9.22. The molecule has 0 radical (unpaired) electrons. The number of nitrogens with zero attached hydrogens (tertiary/aromatic N) is 1. The van der Waals surface area contributed by atoms with Gasteiger partial charge in [0.2, 0.25) is 0 Å². The number of ether oxygens (including phenoxy) is 3. The van der Waals surface area contributed by atoms with Crippen LogP contribution in [0, 0.1) is 5.92 Å². The van der Waals surface area contributed by atoms with Gasteiger partial charge in [-0.05, 0) is 52.1 Å². The van der Waals surface area contributed by atoms with Gasteiger partial charge in [0.25, 0.3) is 0 Å². The summed E-state index contributed by atoms with van der Waals surface area (Å²) in [6.45, 7) is 8.78. The van der Waals surface area contributed by atoms with Gasteiger partial charge in [0.1, 0.15) is 17.1 Å². The Bertz CT molecular complexity index is 598. The first-order valence-electron chi connectivity index (χ1n) is 9.22. The van der Waals surface area contributed by atoms with Crippen LogP contribution in [-0.4, -0.2) is 50.4 Å². The highest BCUT2D eigenvalue weighted by Gasteiger charge is 2.27. The van der Waals surface area contributed by atoms with E-state index in [1.165, 1.54) is 0 Å². The molecule has 1 N–H and O–H groups in total. The Hall–Kier alpha value is -1.95. The van der Waals surface area contributed by atoms with Crippen LogP contribution in [0.3, 0.4) is 0 Å². The minimum Gasteiger partial charge on any atom is -0.497 e. The zero-order valence-electron chi connectivity index (χ0n) is 16.6. The maximum Gasteiger partial charge on any atom is 0.410 e. The SMILES string of the molecule is COc1ccc(CNCC2CCCN(C(=O)OC(C)(C)C)C2)c(OC)c1. The first kappa shape index (κ1) is 20.4. The van der Waals surface area contributed by atoms with Crippen molar-refractivity contribution >= 4 is 6.09 Å². The van der Waals surface area contributed by atoms with Crippen LogP contribution in [0.25, 0.3) is 0 Å². The fraction of sp³-hybridized carbons (Fsp3) is 0.650. The lowest BCUT2D eigenvalue weighted by atomic mass is 9.98. The van der Waals surface area contributed by atoms with E-state index in [0.29, 0.717) is 5.92 Å². The third kappa shape index (κ3) is 6.09. The molecule has 6 nitrogen and oxygen atoms in total. The zero-order chi connectivity index (χ0) is 19.2. The quantitative estimate of drug-likeness (QED) is 0.838. The lowest BCUT2D eigenvalue weighted by Crippen LogP contribution is -2.45. The summed E-state index contributed by atoms with van der Waals surface area (Å²) in [5.41, 5.74) is 0.640. The number of benzene rings is 1. The summed E-state index contributed by atoms with van der Waals surface area (Å²) in [6, 6.07) is 5.84. The summed E-state index contributed by atoms with van der Waals surface area (Å²) in [5, 5.41) is 3.49. The van der Waals surface area contributed by atoms with Crippen LogP contribution in [0.1, 0.15) is 39.2 Å². The van der Waals surface area contributed by atoms with Gasteiger partial charge < -0.3 is 24.4 Å². The number of piperidine rings is 1. The Morgan fingerprint density at radius 1 is 1.27 bits per heavy atom. The van der Waals surface area contributed by atoms with E-state index in [-0.39, 0.29) is 6.09 Å². The van der Waals surface area contributed by atoms with E-state index in [1.807, 2.05) is 43.9 Å². The molecule has 0 bridgehead atoms. The van der Waals surface area contributed by atoms with Gasteiger partial charge in [-0.1, -0.05) is 6.07 Å². The van der Waals surface area contributed by atoms with Crippen LogP contribution < -0.4 is 14.8 Å². The maximum absolute atomic E-state index is 12.3. The number of nitrogens with one attached hydrogen (secondary N) is 1. The molecule has 1 aliphatic rings. The van der Waals surface area contributed by atoms with E-state index >= 15 is 0 Å². The molecule has 1 heterocycles. The smallest absolute Gasteiger partial charge is 0.410 e. The molecule has 0 aliphatic carbocycles. The molecule has 1 aliphatic heterocycles. The lowest BCUT2D eigenvalue weighted by molar-refractivity contribution is 0.0166. The average molecular weight is 364 g/mol. The lowest BCUT2D eigenvalue weighted by Gasteiger charge is -2.34. The highest BCUT2D eigenvalue weighted by molar-refractivity contribution is 5.68. The second kappa shape index (κ2) is 9.12. The van der Waals surface area contributed by atoms with Crippen molar-refractivity contribution in [2.24, 2.45) is 5.92 Å². The number of rotatable bonds is 6. The van der Waals surface area contributed by atoms with Crippen LogP contribution in [0.5, 0.6) is 11.5 Å². The number of carbonyl (C=O) groups is 1. The third-order valence-electron chi connectivity index (χ3n) is 4.41. The summed E-state index contributed by atoms with van der Waals surface area (Å²) >= 11 is 0. The van der Waals surface area contributed by atoms with E-state index in [2.05, 4.69) is 5.32 Å². The van der Waals surface area contributed by atoms with Gasteiger partial charge in [0, 0.05) is 31.3 Å². The van der Waals surface area contributed by atoms with Crippen molar-refractivity contribution in [1.82, 2.24) is 10.2 Å². The molecular weight excluding hydrogens is 332 g/mol. The van der Waals surface area contributed by atoms with Gasteiger partial charge in [-0.2, -0.15) is 0 Å². The molecule has 26 heavy (non-hydrogen) atoms. The van der Waals surface area contributed by atoms with Crippen LogP contribution in [0.2, 0.25) is 0 Å². The van der Waals surface area contributed by atoms with Crippen molar-refractivity contribution in [3.63, 3.8) is 0 Å². The van der Waals surface area contributed by atoms with Crippen molar-refractivity contribution in [2.75, 3.05) is 33.9 Å². The highest BCUT2D eigenvalue weighted by atomic mass is 16.6. The molecule has 0 saturated carbocycles. The molecule has 1 atom stereocenters. The van der Waals surface area contributed by atoms with E-state index in [4.69, 9.17) is 14.2 Å². The summed E-state index contributed by atoms with van der Waals surface area (Å²) < 4.78 is 16.2. The topological polar surface area (TPSA) is 60.0 Å². The number of methoxy groups -OCH3 is 2. The number of carbonyl (C=O) groups excluding carboxylic acids is 1. The molecule has 1 saturated heterocycles. The predicted molar refractivity (Wildman–Crippen MR) is 102 cm³/mol. The molecule has 1 unspecified atom stereocenters. The molecule has 1 aromatic rings. The number of amides is 1. The van der Waals surface area contributed by atoms with Crippen molar-refractivity contribution in [3.8, 4) is 11.5 Å². The number of likely N-dealkylation sites (tertiary alicyclic amines) is 1. The molecule has 2 rings (SSSR count). The Morgan fingerprint density at radius 2 is 2.04 bits per heavy atom. The minimum absolute atomic E-state index is 0.209. The Labute approximate surface area is 156 Å². The molecule has 1 amide bonds. The number of hydrogen-bond acceptors (Lipinski definition) is 5. The van der Waals surface area contributed by atoms with E-state index in [9.17, 15) is 4.79 Å². The van der Waals surface area contributed by atoms with Crippen LogP contribution in [-0.2, 0) is 11.3 Å². The van der Waals surface area contributed by atoms with Gasteiger partial charge in [-0.15, -0.1) is 0 Å². The largest absolute Gasteiger partial charge is 0.497 e. The Morgan fingerprint density at radius 3 is 2.69 bits per heavy atom. The van der Waals surface area contributed by atoms with Gasteiger partial charge in [0.15, 0.2) is 0 Å². The van der Waals surface area contributed by atoms with Gasteiger partial charge in [-0.25, -0.2) is 4.79 Å². The molecule has 1 fully saturated rings. The van der Waals surface area contributed by atoms with E-state index < -0.39 is 5.60 Å². The first-order chi connectivity index (χ1) is 12.3. The second-order valence-electron chi connectivity index (χ2n) is 7.74. The van der Waals surface area contributed by atoms with Crippen molar-refractivity contribution in [3.05, 3.63) is 23.8 Å². The van der Waals surface area contributed by atoms with Crippen molar-refractivity contribution in [2.45, 2.75) is 45.8 Å². The third-order valence-corrected chi connectivity index (χ3v) is 4.41. The molecular formula is C20H32N2O4. The Kier molecular flexibility index (Phi) is 7.14. The molecule has 0 spiro atoms. The summed E-state index contributed by atoms with van der Waals surface area (Å²) in [4.78, 5) is 14.1. The second-order valence-corrected chi connectivity index (χ2v) is 7.74. The monoisotopic (exact) mass is 364 g/mol. The Balaban J connectivity index is 1.83. The molecule has 6 heteroatoms. The van der Waals surface area contributed by atoms with Crippen molar-refractivity contribution < 1.29 is 19.0 Å². The highest BCUT2D eigenvalue weighted by Crippen LogP contribution is 2.25. The van der Waals surface area contributed by atoms with E-state index in [0.717, 1.165) is 56.1 Å². The average Bonchev–Trinajstić information content (AvgIpc) is 2.60. The standard InChI is InChI=1S/C20H32N2O4/c1-20(2,3)26-19(23)22-10-6-7-15(14-22)12-21-13-16-8-9-17(24-4)11-18(16)25-5/h8-9,11,15,21H,6-7,10,12-14H2,1-5H3. The summed E-state index contributed by atoms with van der Waals surface area (Å²) in [5.74, 6) is 2.03.